The number of nitrogens with zero attached hydrogens (tertiary/aromatic N) is 3. The highest BCUT2D eigenvalue weighted by Gasteiger charge is 2.24. The lowest BCUT2D eigenvalue weighted by Crippen LogP contribution is -2.12. The van der Waals surface area contributed by atoms with Crippen molar-refractivity contribution in [3.05, 3.63) is 77.2 Å². The summed E-state index contributed by atoms with van der Waals surface area (Å²) in [6, 6.07) is 11.9. The maximum Gasteiger partial charge on any atom is 0.255 e. The van der Waals surface area contributed by atoms with E-state index in [0.29, 0.717) is 29.2 Å². The normalized spacial score (nSPS) is 13.1. The lowest BCUT2D eigenvalue weighted by atomic mass is 10.1. The summed E-state index contributed by atoms with van der Waals surface area (Å²) in [4.78, 5) is 26.4. The van der Waals surface area contributed by atoms with Crippen molar-refractivity contribution in [1.29, 1.82) is 0 Å². The van der Waals surface area contributed by atoms with Gasteiger partial charge in [0.25, 0.3) is 5.91 Å². The number of thiazole rings is 1. The summed E-state index contributed by atoms with van der Waals surface area (Å²) in [5.74, 6) is -2.26. The molecule has 6 nitrogen and oxygen atoms in total. The van der Waals surface area contributed by atoms with Crippen molar-refractivity contribution in [1.82, 2.24) is 15.0 Å². The number of carbonyl (C=O) groups is 1. The number of amides is 1. The molecule has 2 aromatic heterocycles. The van der Waals surface area contributed by atoms with Gasteiger partial charge in [0.1, 0.15) is 11.6 Å². The molecule has 0 unspecified atom stereocenters. The van der Waals surface area contributed by atoms with Crippen molar-refractivity contribution < 1.29 is 13.6 Å². The van der Waals surface area contributed by atoms with E-state index in [-0.39, 0.29) is 10.8 Å². The Kier molecular flexibility index (Phi) is 5.74. The van der Waals surface area contributed by atoms with Crippen LogP contribution in [0.2, 0.25) is 5.28 Å². The molecule has 166 valence electrons. The summed E-state index contributed by atoms with van der Waals surface area (Å²) < 4.78 is 27.0. The van der Waals surface area contributed by atoms with E-state index in [0.717, 1.165) is 40.5 Å². The molecule has 10 heteroatoms. The van der Waals surface area contributed by atoms with Gasteiger partial charge in [-0.25, -0.2) is 23.7 Å². The van der Waals surface area contributed by atoms with E-state index in [9.17, 15) is 13.6 Å². The molecule has 0 saturated heterocycles. The Bertz CT molecular complexity index is 1340. The first-order valence-electron chi connectivity index (χ1n) is 10.1. The molecule has 1 aliphatic rings. The van der Waals surface area contributed by atoms with Crippen LogP contribution in [-0.4, -0.2) is 26.9 Å². The molecule has 2 N–H and O–H groups in total. The molecule has 2 heterocycles. The fourth-order valence-corrected chi connectivity index (χ4v) is 4.43. The lowest BCUT2D eigenvalue weighted by Gasteiger charge is -2.08. The van der Waals surface area contributed by atoms with Gasteiger partial charge in [0, 0.05) is 35.1 Å². The van der Waals surface area contributed by atoms with Crippen LogP contribution < -0.4 is 10.6 Å². The number of halogens is 3. The molecular weight excluding hydrogens is 468 g/mol. The molecule has 5 rings (SSSR count). The maximum atomic E-state index is 13.5. The van der Waals surface area contributed by atoms with E-state index < -0.39 is 17.5 Å². The second kappa shape index (κ2) is 8.84. The van der Waals surface area contributed by atoms with Crippen LogP contribution in [0.4, 0.5) is 19.6 Å². The third kappa shape index (κ3) is 4.99. The monoisotopic (exact) mass is 483 g/mol. The van der Waals surface area contributed by atoms with Gasteiger partial charge in [-0.15, -0.1) is 0 Å². The average molecular weight is 484 g/mol. The minimum Gasteiger partial charge on any atom is -0.359 e. The van der Waals surface area contributed by atoms with Gasteiger partial charge in [-0.2, -0.15) is 0 Å². The van der Waals surface area contributed by atoms with Gasteiger partial charge >= 0.3 is 0 Å². The molecule has 2 aromatic carbocycles. The van der Waals surface area contributed by atoms with Gasteiger partial charge in [0.05, 0.1) is 16.3 Å². The summed E-state index contributed by atoms with van der Waals surface area (Å²) >= 11 is 7.47. The molecule has 0 atom stereocenters. The second-order valence-electron chi connectivity index (χ2n) is 7.52. The molecule has 0 bridgehead atoms. The molecule has 0 radical (unpaired) electrons. The zero-order valence-corrected chi connectivity index (χ0v) is 18.6. The Labute approximate surface area is 196 Å². The summed E-state index contributed by atoms with van der Waals surface area (Å²) in [5.41, 5.74) is 2.39. The molecule has 0 spiro atoms. The number of anilines is 2. The first-order valence-corrected chi connectivity index (χ1v) is 11.3. The van der Waals surface area contributed by atoms with Crippen molar-refractivity contribution in [2.75, 3.05) is 10.6 Å². The zero-order chi connectivity index (χ0) is 22.9. The molecule has 1 fully saturated rings. The number of hydrogen-bond donors (Lipinski definition) is 2. The number of rotatable bonds is 6. The molecule has 1 saturated carbocycles. The van der Waals surface area contributed by atoms with Crippen LogP contribution in [-0.2, 0) is 0 Å². The predicted molar refractivity (Wildman–Crippen MR) is 125 cm³/mol. The average Bonchev–Trinajstić information content (AvgIpc) is 3.49. The largest absolute Gasteiger partial charge is 0.359 e. The summed E-state index contributed by atoms with van der Waals surface area (Å²) in [7, 11) is 0. The number of carbonyl (C=O) groups excluding carboxylic acids is 1. The highest BCUT2D eigenvalue weighted by atomic mass is 35.5. The minimum atomic E-state index is -0.819. The minimum absolute atomic E-state index is 0.112. The van der Waals surface area contributed by atoms with Crippen LogP contribution in [0, 0.1) is 11.6 Å². The van der Waals surface area contributed by atoms with Crippen LogP contribution in [0.25, 0.3) is 21.8 Å². The van der Waals surface area contributed by atoms with Crippen LogP contribution in [0.15, 0.2) is 54.7 Å². The SMILES string of the molecule is O=C(Nc1cccc(-c2nc(NC3CC3)sc2-c2ccnc(Cl)n2)c1)c1cc(F)cc(F)c1. The first-order chi connectivity index (χ1) is 15.9. The molecule has 1 amide bonds. The molecule has 0 aliphatic heterocycles. The highest BCUT2D eigenvalue weighted by molar-refractivity contribution is 7.19. The van der Waals surface area contributed by atoms with Crippen molar-refractivity contribution >= 4 is 39.7 Å². The quantitative estimate of drug-likeness (QED) is 0.327. The van der Waals surface area contributed by atoms with E-state index in [2.05, 4.69) is 20.6 Å². The predicted octanol–water partition coefficient (Wildman–Crippen LogP) is 6.03. The van der Waals surface area contributed by atoms with Crippen LogP contribution in [0.5, 0.6) is 0 Å². The van der Waals surface area contributed by atoms with Gasteiger partial charge in [0.15, 0.2) is 5.13 Å². The van der Waals surface area contributed by atoms with E-state index in [1.54, 1.807) is 30.5 Å². The Hall–Kier alpha value is -3.43. The topological polar surface area (TPSA) is 79.8 Å². The highest BCUT2D eigenvalue weighted by Crippen LogP contribution is 2.40. The van der Waals surface area contributed by atoms with Gasteiger partial charge < -0.3 is 10.6 Å². The van der Waals surface area contributed by atoms with Crippen molar-refractivity contribution in [2.24, 2.45) is 0 Å². The standard InChI is InChI=1S/C23H16ClF2N5OS/c24-22-27-7-6-18(30-22)20-19(31-23(33-20)29-16-4-5-16)12-2-1-3-17(10-12)28-21(32)13-8-14(25)11-15(26)9-13/h1-3,6-11,16H,4-5H2,(H,28,32)(H,29,31). The Balaban J connectivity index is 1.48. The number of nitrogens with one attached hydrogen (secondary N) is 2. The van der Waals surface area contributed by atoms with E-state index >= 15 is 0 Å². The third-order valence-electron chi connectivity index (χ3n) is 4.91. The van der Waals surface area contributed by atoms with Crippen LogP contribution in [0.3, 0.4) is 0 Å². The second-order valence-corrected chi connectivity index (χ2v) is 8.86. The van der Waals surface area contributed by atoms with Crippen LogP contribution >= 0.6 is 22.9 Å². The van der Waals surface area contributed by atoms with Crippen molar-refractivity contribution in [3.8, 4) is 21.8 Å². The van der Waals surface area contributed by atoms with E-state index in [4.69, 9.17) is 16.6 Å². The van der Waals surface area contributed by atoms with E-state index in [1.807, 2.05) is 6.07 Å². The number of aromatic nitrogens is 3. The van der Waals surface area contributed by atoms with Gasteiger partial charge in [-0.3, -0.25) is 4.79 Å². The number of hydrogen-bond acceptors (Lipinski definition) is 6. The Morgan fingerprint density at radius 1 is 1.06 bits per heavy atom. The number of benzene rings is 2. The fourth-order valence-electron chi connectivity index (χ4n) is 3.25. The maximum absolute atomic E-state index is 13.5. The van der Waals surface area contributed by atoms with Crippen LogP contribution in [0.1, 0.15) is 23.2 Å². The smallest absolute Gasteiger partial charge is 0.255 e. The molecule has 1 aliphatic carbocycles. The van der Waals surface area contributed by atoms with Gasteiger partial charge in [-0.05, 0) is 54.8 Å². The first kappa shape index (κ1) is 21.4. The van der Waals surface area contributed by atoms with Gasteiger partial charge in [-0.1, -0.05) is 23.5 Å². The lowest BCUT2D eigenvalue weighted by molar-refractivity contribution is 0.102. The van der Waals surface area contributed by atoms with E-state index in [1.165, 1.54) is 11.3 Å². The third-order valence-corrected chi connectivity index (χ3v) is 6.10. The molecule has 33 heavy (non-hydrogen) atoms. The summed E-state index contributed by atoms with van der Waals surface area (Å²) in [6.07, 6.45) is 3.79. The summed E-state index contributed by atoms with van der Waals surface area (Å²) in [6.45, 7) is 0. The van der Waals surface area contributed by atoms with Crippen molar-refractivity contribution in [2.45, 2.75) is 18.9 Å². The Morgan fingerprint density at radius 3 is 2.58 bits per heavy atom. The summed E-state index contributed by atoms with van der Waals surface area (Å²) in [5, 5.41) is 6.98. The van der Waals surface area contributed by atoms with Crippen molar-refractivity contribution in [3.63, 3.8) is 0 Å². The fraction of sp³-hybridized carbons (Fsp3) is 0.130. The molecular formula is C23H16ClF2N5OS. The zero-order valence-electron chi connectivity index (χ0n) is 17.0. The molecule has 4 aromatic rings. The Morgan fingerprint density at radius 2 is 1.85 bits per heavy atom. The van der Waals surface area contributed by atoms with Gasteiger partial charge in [0.2, 0.25) is 5.28 Å².